The molecule has 1 fully saturated rings. The lowest BCUT2D eigenvalue weighted by Crippen LogP contribution is -2.44. The molecule has 1 aliphatic rings. The minimum absolute atomic E-state index is 0.438. The SMILES string of the molecule is Cc1cccc(C(F)(F)F)c1CCN1CCNCC1. The monoisotopic (exact) mass is 272 g/mol. The van der Waals surface area contributed by atoms with E-state index >= 15 is 0 Å². The maximum atomic E-state index is 13.0. The molecule has 0 amide bonds. The molecule has 1 aromatic rings. The predicted octanol–water partition coefficient (Wildman–Crippen LogP) is 2.46. The Morgan fingerprint density at radius 3 is 2.53 bits per heavy atom. The molecule has 0 unspecified atom stereocenters. The molecule has 1 aliphatic heterocycles. The van der Waals surface area contributed by atoms with Gasteiger partial charge in [-0.25, -0.2) is 0 Å². The average Bonchev–Trinajstić information content (AvgIpc) is 2.37. The Morgan fingerprint density at radius 1 is 1.21 bits per heavy atom. The zero-order valence-corrected chi connectivity index (χ0v) is 11.1. The van der Waals surface area contributed by atoms with E-state index in [0.717, 1.165) is 31.7 Å². The molecule has 0 atom stereocenters. The van der Waals surface area contributed by atoms with Crippen LogP contribution in [-0.2, 0) is 12.6 Å². The van der Waals surface area contributed by atoms with Crippen molar-refractivity contribution < 1.29 is 13.2 Å². The fourth-order valence-electron chi connectivity index (χ4n) is 2.50. The first-order valence-corrected chi connectivity index (χ1v) is 6.57. The lowest BCUT2D eigenvalue weighted by molar-refractivity contribution is -0.138. The van der Waals surface area contributed by atoms with Crippen molar-refractivity contribution in [3.63, 3.8) is 0 Å². The maximum Gasteiger partial charge on any atom is 0.416 e. The Bertz CT molecular complexity index is 423. The lowest BCUT2D eigenvalue weighted by Gasteiger charge is -2.27. The number of halogens is 3. The zero-order chi connectivity index (χ0) is 13.9. The molecule has 5 heteroatoms. The van der Waals surface area contributed by atoms with E-state index in [2.05, 4.69) is 10.2 Å². The second-order valence-electron chi connectivity index (χ2n) is 4.94. The second kappa shape index (κ2) is 5.92. The van der Waals surface area contributed by atoms with Crippen LogP contribution in [0.3, 0.4) is 0 Å². The highest BCUT2D eigenvalue weighted by Gasteiger charge is 2.33. The van der Waals surface area contributed by atoms with Crippen LogP contribution in [0.2, 0.25) is 0 Å². The van der Waals surface area contributed by atoms with Gasteiger partial charge >= 0.3 is 6.18 Å². The first-order chi connectivity index (χ1) is 8.98. The van der Waals surface area contributed by atoms with Crippen molar-refractivity contribution in [3.8, 4) is 0 Å². The number of piperazine rings is 1. The van der Waals surface area contributed by atoms with Crippen molar-refractivity contribution in [2.75, 3.05) is 32.7 Å². The third-order valence-electron chi connectivity index (χ3n) is 3.60. The van der Waals surface area contributed by atoms with Gasteiger partial charge in [-0.3, -0.25) is 0 Å². The van der Waals surface area contributed by atoms with E-state index in [1.54, 1.807) is 13.0 Å². The van der Waals surface area contributed by atoms with Gasteiger partial charge in [-0.15, -0.1) is 0 Å². The smallest absolute Gasteiger partial charge is 0.314 e. The highest BCUT2D eigenvalue weighted by Crippen LogP contribution is 2.33. The van der Waals surface area contributed by atoms with Crippen molar-refractivity contribution in [2.24, 2.45) is 0 Å². The summed E-state index contributed by atoms with van der Waals surface area (Å²) in [6, 6.07) is 4.41. The molecule has 0 aromatic heterocycles. The van der Waals surface area contributed by atoms with Crippen LogP contribution in [0.25, 0.3) is 0 Å². The molecule has 0 aliphatic carbocycles. The Kier molecular flexibility index (Phi) is 4.47. The lowest BCUT2D eigenvalue weighted by atomic mass is 9.98. The molecule has 0 spiro atoms. The number of rotatable bonds is 3. The summed E-state index contributed by atoms with van der Waals surface area (Å²) in [7, 11) is 0. The largest absolute Gasteiger partial charge is 0.416 e. The summed E-state index contributed by atoms with van der Waals surface area (Å²) in [5.74, 6) is 0. The third-order valence-corrected chi connectivity index (χ3v) is 3.60. The fraction of sp³-hybridized carbons (Fsp3) is 0.571. The minimum Gasteiger partial charge on any atom is -0.314 e. The molecule has 106 valence electrons. The van der Waals surface area contributed by atoms with Gasteiger partial charge in [0.2, 0.25) is 0 Å². The highest BCUT2D eigenvalue weighted by atomic mass is 19.4. The number of nitrogens with one attached hydrogen (secondary N) is 1. The van der Waals surface area contributed by atoms with Gasteiger partial charge in [-0.05, 0) is 30.5 Å². The van der Waals surface area contributed by atoms with E-state index in [4.69, 9.17) is 0 Å². The minimum atomic E-state index is -4.26. The van der Waals surface area contributed by atoms with Crippen LogP contribution < -0.4 is 5.32 Å². The first-order valence-electron chi connectivity index (χ1n) is 6.57. The molecular formula is C14H19F3N2. The molecule has 2 rings (SSSR count). The van der Waals surface area contributed by atoms with Gasteiger partial charge in [0.25, 0.3) is 0 Å². The van der Waals surface area contributed by atoms with E-state index in [9.17, 15) is 13.2 Å². The number of benzene rings is 1. The van der Waals surface area contributed by atoms with Crippen LogP contribution >= 0.6 is 0 Å². The molecule has 1 heterocycles. The zero-order valence-electron chi connectivity index (χ0n) is 11.1. The molecule has 2 nitrogen and oxygen atoms in total. The average molecular weight is 272 g/mol. The fourth-order valence-corrected chi connectivity index (χ4v) is 2.50. The first kappa shape index (κ1) is 14.3. The highest BCUT2D eigenvalue weighted by molar-refractivity contribution is 5.36. The molecule has 0 saturated carbocycles. The van der Waals surface area contributed by atoms with Gasteiger partial charge in [0.15, 0.2) is 0 Å². The van der Waals surface area contributed by atoms with Gasteiger partial charge in [0.1, 0.15) is 0 Å². The standard InChI is InChI=1S/C14H19F3N2/c1-11-3-2-4-13(14(15,16)17)12(11)5-8-19-9-6-18-7-10-19/h2-4,18H,5-10H2,1H3. The summed E-state index contributed by atoms with van der Waals surface area (Å²) in [5, 5.41) is 3.24. The van der Waals surface area contributed by atoms with Crippen molar-refractivity contribution >= 4 is 0 Å². The van der Waals surface area contributed by atoms with Crippen LogP contribution in [0.1, 0.15) is 16.7 Å². The summed E-state index contributed by atoms with van der Waals surface area (Å²) in [4.78, 5) is 2.21. The number of aryl methyl sites for hydroxylation is 1. The summed E-state index contributed by atoms with van der Waals surface area (Å²) < 4.78 is 38.9. The third kappa shape index (κ3) is 3.70. The molecule has 0 bridgehead atoms. The van der Waals surface area contributed by atoms with E-state index < -0.39 is 11.7 Å². The van der Waals surface area contributed by atoms with Crippen LogP contribution in [0, 0.1) is 6.92 Å². The number of alkyl halides is 3. The van der Waals surface area contributed by atoms with Crippen molar-refractivity contribution in [1.29, 1.82) is 0 Å². The van der Waals surface area contributed by atoms with Crippen molar-refractivity contribution in [2.45, 2.75) is 19.5 Å². The van der Waals surface area contributed by atoms with Crippen molar-refractivity contribution in [3.05, 3.63) is 34.9 Å². The second-order valence-corrected chi connectivity index (χ2v) is 4.94. The topological polar surface area (TPSA) is 15.3 Å². The number of hydrogen-bond donors (Lipinski definition) is 1. The summed E-state index contributed by atoms with van der Waals surface area (Å²) in [5.41, 5.74) is 0.682. The number of hydrogen-bond acceptors (Lipinski definition) is 2. The normalized spacial score (nSPS) is 17.7. The maximum absolute atomic E-state index is 13.0. The predicted molar refractivity (Wildman–Crippen MR) is 69.2 cm³/mol. The molecule has 1 saturated heterocycles. The Balaban J connectivity index is 2.10. The van der Waals surface area contributed by atoms with Gasteiger partial charge in [0.05, 0.1) is 5.56 Å². The van der Waals surface area contributed by atoms with Gasteiger partial charge in [0, 0.05) is 32.7 Å². The molecule has 19 heavy (non-hydrogen) atoms. The summed E-state index contributed by atoms with van der Waals surface area (Å²) in [6.07, 6.45) is -3.80. The van der Waals surface area contributed by atoms with E-state index in [1.807, 2.05) is 0 Å². The Labute approximate surface area is 111 Å². The van der Waals surface area contributed by atoms with E-state index in [1.165, 1.54) is 12.1 Å². The van der Waals surface area contributed by atoms with Crippen molar-refractivity contribution in [1.82, 2.24) is 10.2 Å². The Morgan fingerprint density at radius 2 is 1.89 bits per heavy atom. The molecule has 0 radical (unpaired) electrons. The van der Waals surface area contributed by atoms with E-state index in [0.29, 0.717) is 18.5 Å². The van der Waals surface area contributed by atoms with E-state index in [-0.39, 0.29) is 0 Å². The molecule has 1 aromatic carbocycles. The van der Waals surface area contributed by atoms with Crippen LogP contribution in [0.15, 0.2) is 18.2 Å². The van der Waals surface area contributed by atoms with Crippen LogP contribution in [0.5, 0.6) is 0 Å². The van der Waals surface area contributed by atoms with Gasteiger partial charge < -0.3 is 10.2 Å². The van der Waals surface area contributed by atoms with Crippen LogP contribution in [-0.4, -0.2) is 37.6 Å². The van der Waals surface area contributed by atoms with Gasteiger partial charge in [-0.1, -0.05) is 12.1 Å². The van der Waals surface area contributed by atoms with Crippen LogP contribution in [0.4, 0.5) is 13.2 Å². The molecule has 1 N–H and O–H groups in total. The van der Waals surface area contributed by atoms with Gasteiger partial charge in [-0.2, -0.15) is 13.2 Å². The molecular weight excluding hydrogens is 253 g/mol. The summed E-state index contributed by atoms with van der Waals surface area (Å²) >= 11 is 0. The Hall–Kier alpha value is -1.07. The quantitative estimate of drug-likeness (QED) is 0.909. The number of nitrogens with zero attached hydrogens (tertiary/aromatic N) is 1. The summed E-state index contributed by atoms with van der Waals surface area (Å²) in [6.45, 7) is 6.10.